The van der Waals surface area contributed by atoms with E-state index in [9.17, 15) is 9.59 Å². The zero-order valence-corrected chi connectivity index (χ0v) is 13.5. The number of thiophene rings is 1. The Morgan fingerprint density at radius 2 is 2.00 bits per heavy atom. The third-order valence-corrected chi connectivity index (χ3v) is 5.45. The van der Waals surface area contributed by atoms with Gasteiger partial charge in [-0.25, -0.2) is 0 Å². The van der Waals surface area contributed by atoms with Gasteiger partial charge in [0.1, 0.15) is 0 Å². The predicted molar refractivity (Wildman–Crippen MR) is 86.1 cm³/mol. The van der Waals surface area contributed by atoms with Gasteiger partial charge in [-0.15, -0.1) is 11.3 Å². The lowest BCUT2D eigenvalue weighted by Crippen LogP contribution is -2.38. The molecule has 1 aliphatic rings. The number of fused-ring (bicyclic) bond motifs is 1. The first-order valence-corrected chi connectivity index (χ1v) is 8.18. The second-order valence-corrected chi connectivity index (χ2v) is 7.24. The molecule has 4 nitrogen and oxygen atoms in total. The van der Waals surface area contributed by atoms with Gasteiger partial charge in [-0.05, 0) is 31.7 Å². The monoisotopic (exact) mass is 304 g/mol. The number of aromatic nitrogens is 1. The van der Waals surface area contributed by atoms with Crippen molar-refractivity contribution in [1.29, 1.82) is 0 Å². The van der Waals surface area contributed by atoms with Crippen LogP contribution in [0.25, 0.3) is 10.1 Å². The van der Waals surface area contributed by atoms with Gasteiger partial charge in [-0.1, -0.05) is 6.92 Å². The standard InChI is InChI=1S/C16H20N2O2S/c1-10-4-8-18(9-5-10)16(20)13-11(2)21-12-6-7-17(3)15(19)14(12)13/h6-7,10H,4-5,8-9H2,1-3H3. The molecule has 0 radical (unpaired) electrons. The van der Waals surface area contributed by atoms with Gasteiger partial charge in [0, 0.05) is 35.9 Å². The second-order valence-electron chi connectivity index (χ2n) is 5.98. The fraction of sp³-hybridized carbons (Fsp3) is 0.500. The predicted octanol–water partition coefficient (Wildman–Crippen LogP) is 2.78. The molecule has 3 heterocycles. The number of nitrogens with zero attached hydrogens (tertiary/aromatic N) is 2. The average Bonchev–Trinajstić information content (AvgIpc) is 2.80. The molecule has 0 bridgehead atoms. The summed E-state index contributed by atoms with van der Waals surface area (Å²) in [5, 5.41) is 0.589. The highest BCUT2D eigenvalue weighted by molar-refractivity contribution is 7.19. The Hall–Kier alpha value is -1.62. The Labute approximate surface area is 128 Å². The molecule has 1 amide bonds. The Bertz CT molecular complexity index is 751. The molecule has 2 aromatic heterocycles. The lowest BCUT2D eigenvalue weighted by molar-refractivity contribution is 0.0699. The highest BCUT2D eigenvalue weighted by Gasteiger charge is 2.26. The lowest BCUT2D eigenvalue weighted by Gasteiger charge is -2.30. The van der Waals surface area contributed by atoms with Crippen molar-refractivity contribution in [2.24, 2.45) is 13.0 Å². The number of pyridine rings is 1. The van der Waals surface area contributed by atoms with Gasteiger partial charge < -0.3 is 9.47 Å². The minimum absolute atomic E-state index is 0.0222. The molecule has 0 saturated carbocycles. The maximum atomic E-state index is 12.9. The highest BCUT2D eigenvalue weighted by Crippen LogP contribution is 2.30. The fourth-order valence-electron chi connectivity index (χ4n) is 2.95. The first kappa shape index (κ1) is 14.3. The van der Waals surface area contributed by atoms with Crippen molar-refractivity contribution in [3.63, 3.8) is 0 Å². The van der Waals surface area contributed by atoms with Gasteiger partial charge in [0.2, 0.25) is 0 Å². The SMILES string of the molecule is Cc1sc2ccn(C)c(=O)c2c1C(=O)N1CCC(C)CC1. The highest BCUT2D eigenvalue weighted by atomic mass is 32.1. The van der Waals surface area contributed by atoms with Crippen LogP contribution in [0.2, 0.25) is 0 Å². The Morgan fingerprint density at radius 3 is 2.67 bits per heavy atom. The van der Waals surface area contributed by atoms with E-state index in [1.54, 1.807) is 17.8 Å². The van der Waals surface area contributed by atoms with Crippen LogP contribution in [0, 0.1) is 12.8 Å². The molecule has 0 aliphatic carbocycles. The molecule has 21 heavy (non-hydrogen) atoms. The van der Waals surface area contributed by atoms with E-state index >= 15 is 0 Å². The number of carbonyl (C=O) groups excluding carboxylic acids is 1. The van der Waals surface area contributed by atoms with Crippen molar-refractivity contribution in [2.75, 3.05) is 13.1 Å². The number of likely N-dealkylation sites (tertiary alicyclic amines) is 1. The minimum Gasteiger partial charge on any atom is -0.339 e. The average molecular weight is 304 g/mol. The number of amides is 1. The third kappa shape index (κ3) is 2.39. The Kier molecular flexibility index (Phi) is 3.61. The number of rotatable bonds is 1. The van der Waals surface area contributed by atoms with Crippen molar-refractivity contribution in [2.45, 2.75) is 26.7 Å². The molecule has 0 aromatic carbocycles. The van der Waals surface area contributed by atoms with Gasteiger partial charge in [0.25, 0.3) is 11.5 Å². The van der Waals surface area contributed by atoms with Gasteiger partial charge in [0.05, 0.1) is 10.9 Å². The van der Waals surface area contributed by atoms with E-state index in [4.69, 9.17) is 0 Å². The summed E-state index contributed by atoms with van der Waals surface area (Å²) in [6, 6.07) is 1.92. The summed E-state index contributed by atoms with van der Waals surface area (Å²) in [7, 11) is 1.73. The number of carbonyl (C=O) groups is 1. The lowest BCUT2D eigenvalue weighted by atomic mass is 9.98. The van der Waals surface area contributed by atoms with Crippen LogP contribution in [0.4, 0.5) is 0 Å². The molecule has 112 valence electrons. The van der Waals surface area contributed by atoms with Crippen molar-refractivity contribution in [3.8, 4) is 0 Å². The summed E-state index contributed by atoms with van der Waals surface area (Å²) in [5.41, 5.74) is 0.538. The summed E-state index contributed by atoms with van der Waals surface area (Å²) < 4.78 is 2.45. The summed E-state index contributed by atoms with van der Waals surface area (Å²) in [6.07, 6.45) is 3.85. The van der Waals surface area contributed by atoms with Crippen molar-refractivity contribution < 1.29 is 4.79 Å². The first-order chi connectivity index (χ1) is 9.99. The number of aryl methyl sites for hydroxylation is 2. The minimum atomic E-state index is -0.0782. The molecular weight excluding hydrogens is 284 g/mol. The molecule has 0 N–H and O–H groups in total. The Balaban J connectivity index is 2.07. The molecule has 3 rings (SSSR count). The van der Waals surface area contributed by atoms with Crippen LogP contribution in [0.5, 0.6) is 0 Å². The van der Waals surface area contributed by atoms with E-state index in [2.05, 4.69) is 6.92 Å². The molecule has 5 heteroatoms. The summed E-state index contributed by atoms with van der Waals surface area (Å²) >= 11 is 1.53. The van der Waals surface area contributed by atoms with Gasteiger partial charge in [-0.2, -0.15) is 0 Å². The van der Waals surface area contributed by atoms with Crippen LogP contribution in [0.15, 0.2) is 17.1 Å². The zero-order valence-electron chi connectivity index (χ0n) is 12.7. The summed E-state index contributed by atoms with van der Waals surface area (Å²) in [4.78, 5) is 28.1. The smallest absolute Gasteiger partial charge is 0.259 e. The zero-order chi connectivity index (χ0) is 15.1. The van der Waals surface area contributed by atoms with E-state index in [1.165, 1.54) is 11.3 Å². The maximum Gasteiger partial charge on any atom is 0.259 e. The number of hydrogen-bond acceptors (Lipinski definition) is 3. The first-order valence-electron chi connectivity index (χ1n) is 7.37. The summed E-state index contributed by atoms with van der Waals surface area (Å²) in [6.45, 7) is 5.75. The van der Waals surface area contributed by atoms with E-state index in [1.807, 2.05) is 17.9 Å². The van der Waals surface area contributed by atoms with Gasteiger partial charge in [0.15, 0.2) is 0 Å². The van der Waals surface area contributed by atoms with E-state index < -0.39 is 0 Å². The molecule has 0 atom stereocenters. The van der Waals surface area contributed by atoms with Crippen LogP contribution in [0.1, 0.15) is 35.0 Å². The molecule has 1 aliphatic heterocycles. The fourth-order valence-corrected chi connectivity index (χ4v) is 3.99. The number of hydrogen-bond donors (Lipinski definition) is 0. The van der Waals surface area contributed by atoms with Crippen LogP contribution < -0.4 is 5.56 Å². The van der Waals surface area contributed by atoms with Crippen LogP contribution in [-0.4, -0.2) is 28.5 Å². The van der Waals surface area contributed by atoms with Crippen LogP contribution >= 0.6 is 11.3 Å². The molecule has 1 saturated heterocycles. The quantitative estimate of drug-likeness (QED) is 0.813. The van der Waals surface area contributed by atoms with Crippen LogP contribution in [0.3, 0.4) is 0 Å². The van der Waals surface area contributed by atoms with Gasteiger partial charge in [-0.3, -0.25) is 9.59 Å². The van der Waals surface area contributed by atoms with Crippen LogP contribution in [-0.2, 0) is 7.05 Å². The third-order valence-electron chi connectivity index (χ3n) is 4.38. The van der Waals surface area contributed by atoms with Crippen molar-refractivity contribution >= 4 is 27.3 Å². The largest absolute Gasteiger partial charge is 0.339 e. The maximum absolute atomic E-state index is 12.9. The molecule has 2 aromatic rings. The summed E-state index contributed by atoms with van der Waals surface area (Å²) in [5.74, 6) is 0.705. The van der Waals surface area contributed by atoms with E-state index in [-0.39, 0.29) is 11.5 Å². The molecule has 0 unspecified atom stereocenters. The normalized spacial score (nSPS) is 16.6. The molecular formula is C16H20N2O2S. The van der Waals surface area contributed by atoms with Crippen molar-refractivity contribution in [1.82, 2.24) is 9.47 Å². The van der Waals surface area contributed by atoms with Gasteiger partial charge >= 0.3 is 0 Å². The topological polar surface area (TPSA) is 42.3 Å². The van der Waals surface area contributed by atoms with E-state index in [0.29, 0.717) is 16.9 Å². The molecule has 1 fully saturated rings. The van der Waals surface area contributed by atoms with Crippen molar-refractivity contribution in [3.05, 3.63) is 33.1 Å². The van der Waals surface area contributed by atoms with E-state index in [0.717, 1.165) is 35.5 Å². The number of piperidine rings is 1. The Morgan fingerprint density at radius 1 is 1.33 bits per heavy atom. The second kappa shape index (κ2) is 5.30. The molecule has 0 spiro atoms.